The zero-order chi connectivity index (χ0) is 40.9. The molecule has 1 heteroatoms. The van der Waals surface area contributed by atoms with Gasteiger partial charge < -0.3 is 4.90 Å². The van der Waals surface area contributed by atoms with Crippen LogP contribution in [-0.4, -0.2) is 0 Å². The smallest absolute Gasteiger partial charge is 0.0462 e. The molecule has 2 atom stereocenters. The van der Waals surface area contributed by atoms with Gasteiger partial charge in [-0.1, -0.05) is 173 Å². The van der Waals surface area contributed by atoms with Crippen LogP contribution >= 0.6 is 0 Å². The molecule has 0 N–H and O–H groups in total. The van der Waals surface area contributed by atoms with Gasteiger partial charge >= 0.3 is 0 Å². The van der Waals surface area contributed by atoms with E-state index in [2.05, 4.69) is 201 Å². The van der Waals surface area contributed by atoms with E-state index >= 15 is 0 Å². The topological polar surface area (TPSA) is 3.24 Å². The van der Waals surface area contributed by atoms with Crippen LogP contribution in [0.5, 0.6) is 0 Å². The van der Waals surface area contributed by atoms with Crippen molar-refractivity contribution in [3.63, 3.8) is 0 Å². The summed E-state index contributed by atoms with van der Waals surface area (Å²) in [5.74, 6) is 2.88. The molecule has 8 aromatic carbocycles. The van der Waals surface area contributed by atoms with Crippen LogP contribution < -0.4 is 4.90 Å². The molecule has 2 unspecified atom stereocenters. The minimum Gasteiger partial charge on any atom is -0.311 e. The molecule has 300 valence electrons. The van der Waals surface area contributed by atoms with E-state index in [0.717, 1.165) is 29.1 Å². The Bertz CT molecular complexity index is 2810. The maximum absolute atomic E-state index is 2.43. The molecule has 3 aliphatic carbocycles. The van der Waals surface area contributed by atoms with Gasteiger partial charge in [-0.2, -0.15) is 0 Å². The Morgan fingerprint density at radius 3 is 1.67 bits per heavy atom. The summed E-state index contributed by atoms with van der Waals surface area (Å²) in [4.78, 5) is 2.43. The molecule has 0 aromatic heterocycles. The average Bonchev–Trinajstić information content (AvgIpc) is 3.54. The van der Waals surface area contributed by atoms with E-state index in [0.29, 0.717) is 0 Å². The third-order valence-corrected chi connectivity index (χ3v) is 14.7. The Labute approximate surface area is 362 Å². The molecule has 0 spiro atoms. The third kappa shape index (κ3) is 7.09. The lowest BCUT2D eigenvalue weighted by Crippen LogP contribution is -2.27. The number of hydrogen-bond donors (Lipinski definition) is 0. The van der Waals surface area contributed by atoms with Crippen LogP contribution in [0.4, 0.5) is 17.1 Å². The van der Waals surface area contributed by atoms with Gasteiger partial charge in [0.25, 0.3) is 0 Å². The SMILES string of the molecule is CC1(C)c2ccccc2-c2ccc(-c3ccc(N(c4ccc(CCC5CC6CCCC(C6)C5)cc4)c4ccc(-c5cccc6cccc(-c7ccccc7)c56)cc4)cc3)cc21. The fraction of sp³-hybridized carbons (Fsp3) is 0.233. The summed E-state index contributed by atoms with van der Waals surface area (Å²) in [5, 5.41) is 2.55. The standard InChI is InChI=1S/C60H55N/c1-60(2)57-20-7-6-17-55(57)56-36-29-49(40-58(56)60)45-25-32-51(33-26-45)61(50-30-23-41(24-31-50)21-22-44-38-42-11-8-12-43(37-42)39-44)52-34-27-47(28-35-52)54-19-10-16-48-15-9-18-53(59(48)54)46-13-4-3-5-14-46/h3-7,9-10,13-20,23-36,40,42-44H,8,11-12,21-22,37-39H2,1-2H3. The summed E-state index contributed by atoms with van der Waals surface area (Å²) < 4.78 is 0. The van der Waals surface area contributed by atoms with Gasteiger partial charge in [-0.15, -0.1) is 0 Å². The van der Waals surface area contributed by atoms with E-state index < -0.39 is 0 Å². The van der Waals surface area contributed by atoms with E-state index in [1.165, 1.54) is 129 Å². The molecule has 1 nitrogen and oxygen atoms in total. The number of hydrogen-bond acceptors (Lipinski definition) is 1. The average molecular weight is 790 g/mol. The lowest BCUT2D eigenvalue weighted by Gasteiger charge is -2.39. The predicted molar refractivity (Wildman–Crippen MR) is 259 cm³/mol. The van der Waals surface area contributed by atoms with Crippen LogP contribution in [0, 0.1) is 17.8 Å². The number of rotatable bonds is 9. The van der Waals surface area contributed by atoms with Crippen LogP contribution in [0.1, 0.15) is 75.5 Å². The first-order valence-electron chi connectivity index (χ1n) is 22.9. The zero-order valence-electron chi connectivity index (χ0n) is 35.7. The van der Waals surface area contributed by atoms with Crippen LogP contribution in [-0.2, 0) is 11.8 Å². The second-order valence-electron chi connectivity index (χ2n) is 18.9. The van der Waals surface area contributed by atoms with Crippen molar-refractivity contribution in [1.82, 2.24) is 0 Å². The quantitative estimate of drug-likeness (QED) is 0.141. The van der Waals surface area contributed by atoms with Gasteiger partial charge in [-0.25, -0.2) is 0 Å². The molecule has 11 rings (SSSR count). The van der Waals surface area contributed by atoms with Crippen molar-refractivity contribution in [3.05, 3.63) is 199 Å². The number of aryl methyl sites for hydroxylation is 1. The summed E-state index contributed by atoms with van der Waals surface area (Å²) in [6, 6.07) is 68.1. The molecule has 0 saturated heterocycles. The van der Waals surface area contributed by atoms with Crippen molar-refractivity contribution in [2.24, 2.45) is 17.8 Å². The van der Waals surface area contributed by atoms with E-state index in [9.17, 15) is 0 Å². The Morgan fingerprint density at radius 2 is 1.00 bits per heavy atom. The third-order valence-electron chi connectivity index (χ3n) is 14.7. The number of nitrogens with zero attached hydrogens (tertiary/aromatic N) is 1. The first-order valence-corrected chi connectivity index (χ1v) is 22.9. The van der Waals surface area contributed by atoms with Crippen molar-refractivity contribution in [2.75, 3.05) is 4.90 Å². The second kappa shape index (κ2) is 15.7. The Kier molecular flexibility index (Phi) is 9.72. The summed E-state index contributed by atoms with van der Waals surface area (Å²) >= 11 is 0. The molecule has 8 aromatic rings. The molecule has 3 aliphatic rings. The number of benzene rings is 8. The van der Waals surface area contributed by atoms with Crippen LogP contribution in [0.25, 0.3) is 55.3 Å². The van der Waals surface area contributed by atoms with Gasteiger partial charge in [0.1, 0.15) is 0 Å². The highest BCUT2D eigenvalue weighted by atomic mass is 15.1. The van der Waals surface area contributed by atoms with E-state index in [-0.39, 0.29) is 5.41 Å². The van der Waals surface area contributed by atoms with E-state index in [1.54, 1.807) is 0 Å². The Morgan fingerprint density at radius 1 is 0.459 bits per heavy atom. The zero-order valence-corrected chi connectivity index (χ0v) is 35.7. The van der Waals surface area contributed by atoms with Crippen LogP contribution in [0.15, 0.2) is 182 Å². The van der Waals surface area contributed by atoms with Gasteiger partial charge in [0, 0.05) is 22.5 Å². The summed E-state index contributed by atoms with van der Waals surface area (Å²) in [5.41, 5.74) is 18.0. The first kappa shape index (κ1) is 37.8. The minimum atomic E-state index is -0.0262. The number of fused-ring (bicyclic) bond motifs is 6. The highest BCUT2D eigenvalue weighted by molar-refractivity contribution is 6.06. The van der Waals surface area contributed by atoms with Gasteiger partial charge in [-0.05, 0) is 164 Å². The molecule has 2 bridgehead atoms. The van der Waals surface area contributed by atoms with Gasteiger partial charge in [0.05, 0.1) is 0 Å². The van der Waals surface area contributed by atoms with E-state index in [4.69, 9.17) is 0 Å². The highest BCUT2D eigenvalue weighted by Crippen LogP contribution is 2.50. The molecule has 2 fully saturated rings. The molecule has 2 saturated carbocycles. The molecule has 0 heterocycles. The summed E-state index contributed by atoms with van der Waals surface area (Å²) in [6.07, 6.45) is 11.3. The Balaban J connectivity index is 0.923. The molecule has 0 aliphatic heterocycles. The lowest BCUT2D eigenvalue weighted by atomic mass is 9.67. The molecule has 0 amide bonds. The highest BCUT2D eigenvalue weighted by Gasteiger charge is 2.35. The van der Waals surface area contributed by atoms with Gasteiger partial charge in [0.15, 0.2) is 0 Å². The molecular formula is C60H55N. The van der Waals surface area contributed by atoms with Crippen molar-refractivity contribution in [3.8, 4) is 44.5 Å². The second-order valence-corrected chi connectivity index (χ2v) is 18.9. The monoisotopic (exact) mass is 789 g/mol. The van der Waals surface area contributed by atoms with Gasteiger partial charge in [-0.3, -0.25) is 0 Å². The minimum absolute atomic E-state index is 0.0262. The maximum atomic E-state index is 2.43. The van der Waals surface area contributed by atoms with Crippen molar-refractivity contribution in [2.45, 2.75) is 70.6 Å². The fourth-order valence-corrected chi connectivity index (χ4v) is 11.7. The summed E-state index contributed by atoms with van der Waals surface area (Å²) in [7, 11) is 0. The summed E-state index contributed by atoms with van der Waals surface area (Å²) in [6.45, 7) is 4.73. The van der Waals surface area contributed by atoms with Crippen LogP contribution in [0.3, 0.4) is 0 Å². The fourth-order valence-electron chi connectivity index (χ4n) is 11.7. The molecular weight excluding hydrogens is 735 g/mol. The molecule has 0 radical (unpaired) electrons. The lowest BCUT2D eigenvalue weighted by molar-refractivity contribution is 0.132. The van der Waals surface area contributed by atoms with Crippen molar-refractivity contribution >= 4 is 27.8 Å². The van der Waals surface area contributed by atoms with Crippen molar-refractivity contribution < 1.29 is 0 Å². The largest absolute Gasteiger partial charge is 0.311 e. The normalized spacial score (nSPS) is 18.7. The number of anilines is 3. The van der Waals surface area contributed by atoms with E-state index in [1.807, 2.05) is 0 Å². The molecule has 61 heavy (non-hydrogen) atoms. The first-order chi connectivity index (χ1) is 30.0. The maximum Gasteiger partial charge on any atom is 0.0462 e. The predicted octanol–water partition coefficient (Wildman–Crippen LogP) is 16.8. The Hall–Kier alpha value is -6.18. The van der Waals surface area contributed by atoms with Crippen LogP contribution in [0.2, 0.25) is 0 Å². The van der Waals surface area contributed by atoms with Gasteiger partial charge in [0.2, 0.25) is 0 Å². The van der Waals surface area contributed by atoms with Crippen molar-refractivity contribution in [1.29, 1.82) is 0 Å².